The molecule has 0 unspecified atom stereocenters. The van der Waals surface area contributed by atoms with E-state index in [1.54, 1.807) is 12.4 Å². The number of rotatable bonds is 14. The van der Waals surface area contributed by atoms with Gasteiger partial charge in [-0.3, -0.25) is 29.2 Å². The van der Waals surface area contributed by atoms with E-state index in [-0.39, 0.29) is 35.7 Å². The highest BCUT2D eigenvalue weighted by Crippen LogP contribution is 2.17. The molecule has 2 amide bonds. The van der Waals surface area contributed by atoms with E-state index in [0.29, 0.717) is 38.8 Å². The minimum atomic E-state index is -0.979. The number of carbonyl (C=O) groups is 4. The lowest BCUT2D eigenvalue weighted by molar-refractivity contribution is -0.139. The molecule has 0 aromatic heterocycles. The molecule has 0 fully saturated rings. The average molecular weight is 511 g/mol. The zero-order chi connectivity index (χ0) is 27.1. The number of hydrogen-bond acceptors (Lipinski definition) is 8. The van der Waals surface area contributed by atoms with Crippen LogP contribution in [-0.4, -0.2) is 83.7 Å². The summed E-state index contributed by atoms with van der Waals surface area (Å²) in [5, 5.41) is 22.8. The van der Waals surface area contributed by atoms with Crippen molar-refractivity contribution >= 4 is 36.2 Å². The van der Waals surface area contributed by atoms with Crippen LogP contribution in [0.1, 0.15) is 65.2 Å². The highest BCUT2D eigenvalue weighted by atomic mass is 16.4. The highest BCUT2D eigenvalue weighted by molar-refractivity contribution is 5.86. The van der Waals surface area contributed by atoms with E-state index < -0.39 is 24.0 Å². The summed E-state index contributed by atoms with van der Waals surface area (Å²) in [6.07, 6.45) is 9.01. The van der Waals surface area contributed by atoms with Gasteiger partial charge >= 0.3 is 11.9 Å². The number of nitrogens with one attached hydrogen (secondary N) is 2. The second-order valence-corrected chi connectivity index (χ2v) is 9.44. The molecule has 2 aliphatic heterocycles. The Kier molecular flexibility index (Phi) is 14.5. The van der Waals surface area contributed by atoms with Crippen molar-refractivity contribution in [2.75, 3.05) is 13.1 Å². The molecule has 0 bridgehead atoms. The van der Waals surface area contributed by atoms with Gasteiger partial charge in [0.15, 0.2) is 0 Å². The second kappa shape index (κ2) is 16.7. The maximum absolute atomic E-state index is 11.7. The maximum Gasteiger partial charge on any atom is 0.320 e. The number of amides is 2. The molecule has 36 heavy (non-hydrogen) atoms. The van der Waals surface area contributed by atoms with Crippen molar-refractivity contribution in [2.24, 2.45) is 33.3 Å². The van der Waals surface area contributed by atoms with Crippen LogP contribution in [0.4, 0.5) is 0 Å². The predicted molar refractivity (Wildman–Crippen MR) is 137 cm³/mol. The number of aliphatic carboxylic acids is 2. The summed E-state index contributed by atoms with van der Waals surface area (Å²) in [5.74, 6) is -1.50. The first-order valence-corrected chi connectivity index (χ1v) is 12.6. The maximum atomic E-state index is 11.7. The molecule has 2 rings (SSSR count). The van der Waals surface area contributed by atoms with Gasteiger partial charge in [0.2, 0.25) is 11.8 Å². The highest BCUT2D eigenvalue weighted by Gasteiger charge is 2.27. The topological polar surface area (TPSA) is 210 Å². The van der Waals surface area contributed by atoms with Crippen LogP contribution in [0.15, 0.2) is 9.98 Å². The van der Waals surface area contributed by atoms with Crippen LogP contribution < -0.4 is 22.1 Å². The Labute approximate surface area is 212 Å². The third-order valence-electron chi connectivity index (χ3n) is 6.22. The van der Waals surface area contributed by atoms with E-state index in [0.717, 1.165) is 25.7 Å². The van der Waals surface area contributed by atoms with Crippen molar-refractivity contribution in [3.63, 3.8) is 0 Å². The molecule has 2 aliphatic rings. The lowest BCUT2D eigenvalue weighted by Crippen LogP contribution is -2.36. The number of carboxylic acid groups (broad SMARTS) is 2. The summed E-state index contributed by atoms with van der Waals surface area (Å²) in [4.78, 5) is 52.6. The molecule has 12 nitrogen and oxygen atoms in total. The molecule has 0 aromatic carbocycles. The van der Waals surface area contributed by atoms with Crippen molar-refractivity contribution in [1.82, 2.24) is 10.6 Å². The SMILES string of the molecule is C[C@@H]1CC=N[C@H]1C(=O)NCCCC[C@H](N)C(=O)O.C[C@@H]1CC=N[C@H]1C(=O)NCCCC[C@H](N)C(=O)O. The van der Waals surface area contributed by atoms with Crippen LogP contribution >= 0.6 is 0 Å². The van der Waals surface area contributed by atoms with Gasteiger partial charge < -0.3 is 32.3 Å². The van der Waals surface area contributed by atoms with Gasteiger partial charge in [-0.1, -0.05) is 13.8 Å². The molecule has 8 N–H and O–H groups in total. The normalized spacial score (nSPS) is 23.9. The van der Waals surface area contributed by atoms with Gasteiger partial charge in [0.1, 0.15) is 24.2 Å². The van der Waals surface area contributed by atoms with Crippen molar-refractivity contribution in [1.29, 1.82) is 0 Å². The Bertz CT molecular complexity index is 725. The van der Waals surface area contributed by atoms with Crippen molar-refractivity contribution in [3.05, 3.63) is 0 Å². The molecule has 2 heterocycles. The number of nitrogens with zero attached hydrogens (tertiary/aromatic N) is 2. The standard InChI is InChI=1S/2C12H21N3O3/c2*1-8-5-7-14-10(8)11(16)15-6-3-2-4-9(13)12(17)18/h2*7-10H,2-6,13H2,1H3,(H,15,16)(H,17,18)/t2*8-,9+,10-/m11/s1. The molecular formula is C24H42N6O6. The summed E-state index contributed by atoms with van der Waals surface area (Å²) < 4.78 is 0. The Morgan fingerprint density at radius 3 is 1.42 bits per heavy atom. The zero-order valence-electron chi connectivity index (χ0n) is 21.3. The monoisotopic (exact) mass is 510 g/mol. The minimum Gasteiger partial charge on any atom is -0.480 e. The number of unbranched alkanes of at least 4 members (excludes halogenated alkanes) is 2. The molecule has 0 saturated heterocycles. The van der Waals surface area contributed by atoms with Crippen molar-refractivity contribution < 1.29 is 29.4 Å². The molecule has 0 aliphatic carbocycles. The zero-order valence-corrected chi connectivity index (χ0v) is 21.3. The van der Waals surface area contributed by atoms with E-state index in [4.69, 9.17) is 21.7 Å². The van der Waals surface area contributed by atoms with Gasteiger partial charge in [-0.15, -0.1) is 0 Å². The smallest absolute Gasteiger partial charge is 0.320 e. The van der Waals surface area contributed by atoms with Crippen molar-refractivity contribution in [2.45, 2.75) is 89.4 Å². The third kappa shape index (κ3) is 11.7. The van der Waals surface area contributed by atoms with Gasteiger partial charge in [0.25, 0.3) is 0 Å². The molecule has 204 valence electrons. The van der Waals surface area contributed by atoms with E-state index >= 15 is 0 Å². The quantitative estimate of drug-likeness (QED) is 0.179. The fraction of sp³-hybridized carbons (Fsp3) is 0.750. The Morgan fingerprint density at radius 1 is 0.778 bits per heavy atom. The molecule has 0 aromatic rings. The summed E-state index contributed by atoms with van der Waals surface area (Å²) >= 11 is 0. The Balaban J connectivity index is 0.000000360. The van der Waals surface area contributed by atoms with Crippen LogP contribution in [0.5, 0.6) is 0 Å². The van der Waals surface area contributed by atoms with Crippen molar-refractivity contribution in [3.8, 4) is 0 Å². The van der Waals surface area contributed by atoms with E-state index in [2.05, 4.69) is 20.6 Å². The minimum absolute atomic E-state index is 0.0428. The van der Waals surface area contributed by atoms with Gasteiger partial charge in [0, 0.05) is 25.5 Å². The van der Waals surface area contributed by atoms with Crippen LogP contribution in [0, 0.1) is 11.8 Å². The Hall–Kier alpha value is -2.86. The largest absolute Gasteiger partial charge is 0.480 e. The van der Waals surface area contributed by atoms with Crippen LogP contribution in [0.3, 0.4) is 0 Å². The Morgan fingerprint density at radius 2 is 1.14 bits per heavy atom. The molecule has 6 atom stereocenters. The molecular weight excluding hydrogens is 468 g/mol. The lowest BCUT2D eigenvalue weighted by Gasteiger charge is -2.13. The van der Waals surface area contributed by atoms with Gasteiger partial charge in [0.05, 0.1) is 0 Å². The second-order valence-electron chi connectivity index (χ2n) is 9.44. The van der Waals surface area contributed by atoms with Crippen LogP contribution in [0.2, 0.25) is 0 Å². The van der Waals surface area contributed by atoms with E-state index in [1.807, 2.05) is 13.8 Å². The number of carbonyl (C=O) groups excluding carboxylic acids is 2. The molecule has 12 heteroatoms. The van der Waals surface area contributed by atoms with Gasteiger partial charge in [-0.05, 0) is 63.2 Å². The number of carboxylic acids is 2. The number of hydrogen-bond donors (Lipinski definition) is 6. The van der Waals surface area contributed by atoms with Crippen LogP contribution in [-0.2, 0) is 19.2 Å². The van der Waals surface area contributed by atoms with E-state index in [9.17, 15) is 19.2 Å². The first-order chi connectivity index (χ1) is 17.0. The first-order valence-electron chi connectivity index (χ1n) is 12.6. The molecule has 0 saturated carbocycles. The first kappa shape index (κ1) is 31.2. The number of nitrogens with two attached hydrogens (primary N) is 2. The average Bonchev–Trinajstić information content (AvgIpc) is 3.46. The third-order valence-corrected chi connectivity index (χ3v) is 6.22. The number of aliphatic imine (C=N–C) groups is 2. The summed E-state index contributed by atoms with van der Waals surface area (Å²) in [7, 11) is 0. The fourth-order valence-electron chi connectivity index (χ4n) is 3.74. The fourth-order valence-corrected chi connectivity index (χ4v) is 3.74. The predicted octanol–water partition coefficient (Wildman–Crippen LogP) is 0.328. The molecule has 0 spiro atoms. The summed E-state index contributed by atoms with van der Waals surface area (Å²) in [6, 6.07) is -2.13. The van der Waals surface area contributed by atoms with Gasteiger partial charge in [-0.2, -0.15) is 0 Å². The molecule has 0 radical (unpaired) electrons. The van der Waals surface area contributed by atoms with Gasteiger partial charge in [-0.25, -0.2) is 0 Å². The summed E-state index contributed by atoms with van der Waals surface area (Å²) in [5.41, 5.74) is 10.7. The van der Waals surface area contributed by atoms with E-state index in [1.165, 1.54) is 0 Å². The lowest BCUT2D eigenvalue weighted by atomic mass is 10.0. The summed E-state index contributed by atoms with van der Waals surface area (Å²) in [6.45, 7) is 5.10. The van der Waals surface area contributed by atoms with Crippen LogP contribution in [0.25, 0.3) is 0 Å².